The van der Waals surface area contributed by atoms with Crippen LogP contribution in [-0.2, 0) is 14.3 Å². The third-order valence-electron chi connectivity index (χ3n) is 8.87. The van der Waals surface area contributed by atoms with Crippen molar-refractivity contribution in [3.63, 3.8) is 0 Å². The van der Waals surface area contributed by atoms with E-state index in [9.17, 15) is 30.0 Å². The molecular formula is C33H55NO7. The first-order chi connectivity index (χ1) is 19.1. The summed E-state index contributed by atoms with van der Waals surface area (Å²) in [6.45, 7) is 16.8. The minimum atomic E-state index is -0.881. The molecule has 8 heteroatoms. The molecule has 0 saturated carbocycles. The third-order valence-corrected chi connectivity index (χ3v) is 8.87. The molecule has 0 aromatic rings. The van der Waals surface area contributed by atoms with Crippen molar-refractivity contribution < 1.29 is 34.8 Å². The molecule has 0 radical (unpaired) electrons. The SMILES string of the molecule is C=CC=C[C@H](C)[C@H](CC(N)=O)[C@@H](C)[C@H](O)[C@@H](C)CC=C[C@H](C)[C@@H](O)[C@@H](C)C=C[C@@H](O)C[C@@H]1OC(=O)[C@H](C)[C@@H](O)[C@H]1C. The molecule has 8 nitrogen and oxygen atoms in total. The lowest BCUT2D eigenvalue weighted by Gasteiger charge is -2.36. The van der Waals surface area contributed by atoms with E-state index in [1.54, 1.807) is 32.1 Å². The van der Waals surface area contributed by atoms with E-state index in [1.165, 1.54) is 0 Å². The number of carbonyl (C=O) groups is 2. The van der Waals surface area contributed by atoms with Gasteiger partial charge in [0.25, 0.3) is 0 Å². The summed E-state index contributed by atoms with van der Waals surface area (Å²) in [5.41, 5.74) is 5.49. The molecule has 6 N–H and O–H groups in total. The maximum absolute atomic E-state index is 11.9. The van der Waals surface area contributed by atoms with Crippen LogP contribution in [0.2, 0.25) is 0 Å². The smallest absolute Gasteiger partial charge is 0.311 e. The normalized spacial score (nSPS) is 28.5. The van der Waals surface area contributed by atoms with Crippen LogP contribution in [0.15, 0.2) is 49.1 Å². The van der Waals surface area contributed by atoms with Gasteiger partial charge in [0.15, 0.2) is 0 Å². The van der Waals surface area contributed by atoms with Crippen LogP contribution in [0.25, 0.3) is 0 Å². The highest BCUT2D eigenvalue weighted by molar-refractivity contribution is 5.74. The highest BCUT2D eigenvalue weighted by Gasteiger charge is 2.40. The second kappa shape index (κ2) is 17.6. The predicted octanol–water partition coefficient (Wildman–Crippen LogP) is 3.93. The third kappa shape index (κ3) is 11.5. The van der Waals surface area contributed by atoms with Crippen LogP contribution in [0.4, 0.5) is 0 Å². The van der Waals surface area contributed by atoms with Crippen molar-refractivity contribution in [3.8, 4) is 0 Å². The summed E-state index contributed by atoms with van der Waals surface area (Å²) in [7, 11) is 0. The van der Waals surface area contributed by atoms with Gasteiger partial charge in [-0.3, -0.25) is 9.59 Å². The summed E-state index contributed by atoms with van der Waals surface area (Å²) < 4.78 is 5.40. The Hall–Kier alpha value is -2.26. The largest absolute Gasteiger partial charge is 0.462 e. The Bertz CT molecular complexity index is 915. The molecular weight excluding hydrogens is 522 g/mol. The number of nitrogens with two attached hydrogens (primary N) is 1. The first-order valence-electron chi connectivity index (χ1n) is 15.0. The van der Waals surface area contributed by atoms with Crippen molar-refractivity contribution in [1.29, 1.82) is 0 Å². The van der Waals surface area contributed by atoms with Gasteiger partial charge < -0.3 is 30.9 Å². The zero-order valence-corrected chi connectivity index (χ0v) is 26.0. The Morgan fingerprint density at radius 1 is 0.976 bits per heavy atom. The number of primary amides is 1. The number of hydrogen-bond donors (Lipinski definition) is 5. The minimum absolute atomic E-state index is 0.0486. The molecule has 1 aliphatic rings. The Labute approximate surface area is 247 Å². The highest BCUT2D eigenvalue weighted by atomic mass is 16.5. The molecule has 1 rings (SSSR count). The van der Waals surface area contributed by atoms with Gasteiger partial charge in [-0.15, -0.1) is 0 Å². The number of aliphatic hydroxyl groups excluding tert-OH is 4. The van der Waals surface area contributed by atoms with Crippen molar-refractivity contribution in [2.75, 3.05) is 0 Å². The Morgan fingerprint density at radius 2 is 1.59 bits per heavy atom. The molecule has 234 valence electrons. The fourth-order valence-corrected chi connectivity index (χ4v) is 5.67. The summed E-state index contributed by atoms with van der Waals surface area (Å²) in [5.74, 6) is -2.40. The molecule has 0 spiro atoms. The molecule has 13 atom stereocenters. The van der Waals surface area contributed by atoms with E-state index in [0.29, 0.717) is 6.42 Å². The van der Waals surface area contributed by atoms with Crippen molar-refractivity contribution in [3.05, 3.63) is 49.1 Å². The monoisotopic (exact) mass is 577 g/mol. The van der Waals surface area contributed by atoms with Crippen LogP contribution in [0.1, 0.15) is 67.7 Å². The van der Waals surface area contributed by atoms with Gasteiger partial charge in [0.2, 0.25) is 5.91 Å². The first kappa shape index (κ1) is 36.8. The van der Waals surface area contributed by atoms with E-state index in [0.717, 1.165) is 0 Å². The molecule has 1 fully saturated rings. The van der Waals surface area contributed by atoms with Gasteiger partial charge in [-0.2, -0.15) is 0 Å². The predicted molar refractivity (Wildman–Crippen MR) is 162 cm³/mol. The molecule has 1 amide bonds. The second-order valence-electron chi connectivity index (χ2n) is 12.3. The van der Waals surface area contributed by atoms with Gasteiger partial charge >= 0.3 is 5.97 Å². The van der Waals surface area contributed by atoms with Gasteiger partial charge in [0.05, 0.1) is 30.3 Å². The first-order valence-corrected chi connectivity index (χ1v) is 15.0. The highest BCUT2D eigenvalue weighted by Crippen LogP contribution is 2.32. The van der Waals surface area contributed by atoms with Gasteiger partial charge in [-0.25, -0.2) is 0 Å². The van der Waals surface area contributed by atoms with Gasteiger partial charge in [-0.05, 0) is 37.0 Å². The number of carbonyl (C=O) groups excluding carboxylic acids is 2. The minimum Gasteiger partial charge on any atom is -0.462 e. The maximum atomic E-state index is 11.9. The summed E-state index contributed by atoms with van der Waals surface area (Å²) >= 11 is 0. The number of aliphatic hydroxyl groups is 4. The van der Waals surface area contributed by atoms with E-state index in [1.807, 2.05) is 58.9 Å². The van der Waals surface area contributed by atoms with Crippen molar-refractivity contribution in [1.82, 2.24) is 0 Å². The van der Waals surface area contributed by atoms with E-state index < -0.39 is 42.4 Å². The number of rotatable bonds is 17. The van der Waals surface area contributed by atoms with Crippen LogP contribution in [0.3, 0.4) is 0 Å². The van der Waals surface area contributed by atoms with Crippen molar-refractivity contribution in [2.24, 2.45) is 53.1 Å². The Balaban J connectivity index is 2.67. The number of hydrogen-bond acceptors (Lipinski definition) is 7. The molecule has 1 heterocycles. The lowest BCUT2D eigenvalue weighted by Crippen LogP contribution is -2.47. The fourth-order valence-electron chi connectivity index (χ4n) is 5.67. The average Bonchev–Trinajstić information content (AvgIpc) is 2.93. The number of allylic oxidation sites excluding steroid dienone is 4. The van der Waals surface area contributed by atoms with E-state index >= 15 is 0 Å². The fraction of sp³-hybridized carbons (Fsp3) is 0.697. The Kier molecular flexibility index (Phi) is 15.8. The molecule has 0 aliphatic carbocycles. The standard InChI is InChI=1S/C33H55NO7/c1-9-10-12-19(2)27(18-29(34)36)23(6)31(38)21(4)14-11-13-20(3)30(37)22(5)15-16-26(35)17-28-24(7)32(39)25(8)33(40)41-28/h9-13,15-16,19-28,30-32,35,37-39H,1,14,17-18H2,2-8H3,(H2,34,36)/t19-,20-,21-,22-,23+,24-,25+,26+,27-,28-,30+,31+,32-/m0/s1. The lowest BCUT2D eigenvalue weighted by molar-refractivity contribution is -0.179. The number of amides is 1. The van der Waals surface area contributed by atoms with Crippen LogP contribution in [-0.4, -0.2) is 62.8 Å². The van der Waals surface area contributed by atoms with Crippen LogP contribution in [0, 0.1) is 47.3 Å². The van der Waals surface area contributed by atoms with Crippen LogP contribution in [0.5, 0.6) is 0 Å². The van der Waals surface area contributed by atoms with Crippen LogP contribution >= 0.6 is 0 Å². The summed E-state index contributed by atoms with van der Waals surface area (Å²) in [6.07, 6.45) is 10.1. The topological polar surface area (TPSA) is 150 Å². The van der Waals surface area contributed by atoms with E-state index in [-0.39, 0.29) is 60.2 Å². The molecule has 0 bridgehead atoms. The number of cyclic esters (lactones) is 1. The Morgan fingerprint density at radius 3 is 2.17 bits per heavy atom. The van der Waals surface area contributed by atoms with Crippen molar-refractivity contribution >= 4 is 11.9 Å². The molecule has 1 aliphatic heterocycles. The molecule has 1 saturated heterocycles. The van der Waals surface area contributed by atoms with Gasteiger partial charge in [-0.1, -0.05) is 90.7 Å². The van der Waals surface area contributed by atoms with E-state index in [2.05, 4.69) is 6.58 Å². The number of ether oxygens (including phenoxy) is 1. The summed E-state index contributed by atoms with van der Waals surface area (Å²) in [4.78, 5) is 23.6. The second-order valence-corrected chi connectivity index (χ2v) is 12.3. The summed E-state index contributed by atoms with van der Waals surface area (Å²) in [6, 6.07) is 0. The maximum Gasteiger partial charge on any atom is 0.311 e. The lowest BCUT2D eigenvalue weighted by atomic mass is 9.75. The zero-order valence-electron chi connectivity index (χ0n) is 26.0. The van der Waals surface area contributed by atoms with Crippen molar-refractivity contribution in [2.45, 2.75) is 98.2 Å². The number of esters is 1. The molecule has 0 aromatic carbocycles. The zero-order chi connectivity index (χ0) is 31.4. The van der Waals surface area contributed by atoms with E-state index in [4.69, 9.17) is 10.5 Å². The van der Waals surface area contributed by atoms with Gasteiger partial charge in [0, 0.05) is 30.6 Å². The average molecular weight is 578 g/mol. The molecule has 0 aromatic heterocycles. The molecule has 41 heavy (non-hydrogen) atoms. The molecule has 0 unspecified atom stereocenters. The summed E-state index contributed by atoms with van der Waals surface area (Å²) in [5, 5.41) is 42.6. The quantitative estimate of drug-likeness (QED) is 0.0998. The van der Waals surface area contributed by atoms with Gasteiger partial charge in [0.1, 0.15) is 6.10 Å². The van der Waals surface area contributed by atoms with Crippen LogP contribution < -0.4 is 5.73 Å².